The molecule has 0 bridgehead atoms. The van der Waals surface area contributed by atoms with Crippen LogP contribution in [0.2, 0.25) is 0 Å². The second-order valence-corrected chi connectivity index (χ2v) is 5.46. The second kappa shape index (κ2) is 6.54. The lowest BCUT2D eigenvalue weighted by Crippen LogP contribution is -2.02. The smallest absolute Gasteiger partial charge is 0.303 e. The van der Waals surface area contributed by atoms with Crippen LogP contribution in [0.5, 0.6) is 5.75 Å². The number of benzene rings is 1. The number of fused-ring (bicyclic) bond motifs is 1. The molecule has 2 N–H and O–H groups in total. The lowest BCUT2D eigenvalue weighted by atomic mass is 10.1. The molecule has 2 heterocycles. The Morgan fingerprint density at radius 2 is 1.83 bits per heavy atom. The zero-order valence-corrected chi connectivity index (χ0v) is 12.8. The minimum Gasteiger partial charge on any atom is -0.508 e. The normalized spacial score (nSPS) is 10.8. The maximum atomic E-state index is 12.7. The highest BCUT2D eigenvalue weighted by Gasteiger charge is 2.18. The monoisotopic (exact) mass is 324 g/mol. The predicted octanol–water partition coefficient (Wildman–Crippen LogP) is 2.68. The third-order valence-electron chi connectivity index (χ3n) is 3.76. The molecule has 0 unspecified atom stereocenters. The topological polar surface area (TPSA) is 91.9 Å². The maximum Gasteiger partial charge on any atom is 0.303 e. The number of phenolic OH excluding ortho intramolecular Hbond substituents is 1. The van der Waals surface area contributed by atoms with Crippen LogP contribution in [0.4, 0.5) is 0 Å². The van der Waals surface area contributed by atoms with Gasteiger partial charge in [-0.15, -0.1) is 0 Å². The van der Waals surface area contributed by atoms with Gasteiger partial charge in [0.15, 0.2) is 0 Å². The number of phenols is 1. The van der Waals surface area contributed by atoms with Crippen molar-refractivity contribution in [2.75, 3.05) is 0 Å². The molecular formula is C18H16N2O4. The van der Waals surface area contributed by atoms with E-state index in [0.717, 1.165) is 0 Å². The van der Waals surface area contributed by atoms with E-state index < -0.39 is 5.97 Å². The highest BCUT2D eigenvalue weighted by Crippen LogP contribution is 2.20. The molecule has 0 aliphatic rings. The van der Waals surface area contributed by atoms with E-state index in [1.807, 2.05) is 22.7 Å². The van der Waals surface area contributed by atoms with E-state index in [1.165, 1.54) is 12.1 Å². The average Bonchev–Trinajstić information content (AvgIpc) is 2.94. The summed E-state index contributed by atoms with van der Waals surface area (Å²) in [5, 5.41) is 18.1. The minimum absolute atomic E-state index is 0.0585. The van der Waals surface area contributed by atoms with Crippen molar-refractivity contribution in [1.29, 1.82) is 0 Å². The summed E-state index contributed by atoms with van der Waals surface area (Å²) in [6, 6.07) is 11.5. The molecule has 0 aliphatic carbocycles. The molecule has 2 aromatic heterocycles. The van der Waals surface area contributed by atoms with Gasteiger partial charge in [-0.05, 0) is 42.8 Å². The fourth-order valence-electron chi connectivity index (χ4n) is 2.59. The summed E-state index contributed by atoms with van der Waals surface area (Å²) in [5.74, 6) is -0.330. The number of hydrogen-bond acceptors (Lipinski definition) is 4. The van der Waals surface area contributed by atoms with Crippen molar-refractivity contribution in [2.45, 2.75) is 19.3 Å². The Hall–Kier alpha value is -3.15. The summed E-state index contributed by atoms with van der Waals surface area (Å²) in [5.41, 5.74) is 1.45. The van der Waals surface area contributed by atoms with Gasteiger partial charge in [0.05, 0.1) is 5.52 Å². The van der Waals surface area contributed by atoms with Crippen LogP contribution in [0.3, 0.4) is 0 Å². The summed E-state index contributed by atoms with van der Waals surface area (Å²) >= 11 is 0. The summed E-state index contributed by atoms with van der Waals surface area (Å²) in [7, 11) is 0. The van der Waals surface area contributed by atoms with Gasteiger partial charge in [-0.2, -0.15) is 0 Å². The van der Waals surface area contributed by atoms with Gasteiger partial charge in [0.2, 0.25) is 5.78 Å². The number of hydrogen-bond donors (Lipinski definition) is 2. The van der Waals surface area contributed by atoms with E-state index in [4.69, 9.17) is 5.11 Å². The summed E-state index contributed by atoms with van der Waals surface area (Å²) in [4.78, 5) is 27.8. The van der Waals surface area contributed by atoms with Crippen molar-refractivity contribution in [1.82, 2.24) is 9.38 Å². The lowest BCUT2D eigenvalue weighted by Gasteiger charge is -2.00. The van der Waals surface area contributed by atoms with E-state index in [-0.39, 0.29) is 18.0 Å². The van der Waals surface area contributed by atoms with Gasteiger partial charge in [-0.25, -0.2) is 4.98 Å². The number of carboxylic acid groups (broad SMARTS) is 1. The van der Waals surface area contributed by atoms with E-state index in [1.54, 1.807) is 18.2 Å². The number of imidazole rings is 1. The van der Waals surface area contributed by atoms with Crippen LogP contribution in [0.1, 0.15) is 34.7 Å². The molecule has 0 radical (unpaired) electrons. The van der Waals surface area contributed by atoms with Gasteiger partial charge in [-0.1, -0.05) is 6.07 Å². The Morgan fingerprint density at radius 3 is 2.54 bits per heavy atom. The number of carbonyl (C=O) groups excluding carboxylic acids is 1. The van der Waals surface area contributed by atoms with E-state index >= 15 is 0 Å². The van der Waals surface area contributed by atoms with E-state index in [0.29, 0.717) is 35.4 Å². The van der Waals surface area contributed by atoms with Crippen molar-refractivity contribution in [3.8, 4) is 5.75 Å². The van der Waals surface area contributed by atoms with Crippen molar-refractivity contribution in [2.24, 2.45) is 0 Å². The number of aromatic hydroxyl groups is 1. The van der Waals surface area contributed by atoms with Crippen LogP contribution in [0.15, 0.2) is 48.7 Å². The van der Waals surface area contributed by atoms with Crippen LogP contribution in [-0.4, -0.2) is 31.4 Å². The number of pyridine rings is 1. The quantitative estimate of drug-likeness (QED) is 0.680. The van der Waals surface area contributed by atoms with Gasteiger partial charge in [0.25, 0.3) is 0 Å². The largest absolute Gasteiger partial charge is 0.508 e. The summed E-state index contributed by atoms with van der Waals surface area (Å²) < 4.78 is 1.81. The highest BCUT2D eigenvalue weighted by molar-refractivity contribution is 6.11. The Bertz CT molecular complexity index is 897. The molecule has 24 heavy (non-hydrogen) atoms. The van der Waals surface area contributed by atoms with E-state index in [2.05, 4.69) is 4.98 Å². The van der Waals surface area contributed by atoms with Crippen LogP contribution < -0.4 is 0 Å². The van der Waals surface area contributed by atoms with Crippen LogP contribution in [0.25, 0.3) is 5.52 Å². The van der Waals surface area contributed by atoms with Crippen LogP contribution in [0, 0.1) is 0 Å². The number of aromatic nitrogens is 2. The first-order valence-corrected chi connectivity index (χ1v) is 7.58. The van der Waals surface area contributed by atoms with Gasteiger partial charge in [0.1, 0.15) is 17.3 Å². The molecule has 0 amide bonds. The fraction of sp³-hybridized carbons (Fsp3) is 0.167. The standard InChI is InChI=1S/C18H16N2O4/c21-13-9-7-12(8-10-13)18(24)17-14-4-1-2-11-20(14)15(19-17)5-3-6-16(22)23/h1-2,4,7-11,21H,3,5-6H2,(H,22,23). The molecule has 6 heteroatoms. The molecular weight excluding hydrogens is 308 g/mol. The molecule has 0 aliphatic heterocycles. The van der Waals surface area contributed by atoms with Crippen LogP contribution in [-0.2, 0) is 11.2 Å². The Labute approximate surface area is 138 Å². The average molecular weight is 324 g/mol. The molecule has 0 saturated carbocycles. The van der Waals surface area contributed by atoms with Gasteiger partial charge < -0.3 is 14.6 Å². The Kier molecular flexibility index (Phi) is 4.29. The maximum absolute atomic E-state index is 12.7. The minimum atomic E-state index is -0.851. The van der Waals surface area contributed by atoms with E-state index in [9.17, 15) is 14.7 Å². The first-order valence-electron chi connectivity index (χ1n) is 7.58. The van der Waals surface area contributed by atoms with Crippen molar-refractivity contribution >= 4 is 17.3 Å². The van der Waals surface area contributed by atoms with Crippen molar-refractivity contribution in [3.63, 3.8) is 0 Å². The van der Waals surface area contributed by atoms with Gasteiger partial charge in [-0.3, -0.25) is 9.59 Å². The molecule has 3 aromatic rings. The molecule has 0 atom stereocenters. The summed E-state index contributed by atoms with van der Waals surface area (Å²) in [6.45, 7) is 0. The Morgan fingerprint density at radius 1 is 1.08 bits per heavy atom. The number of aryl methyl sites for hydroxylation is 1. The van der Waals surface area contributed by atoms with Gasteiger partial charge in [0, 0.05) is 24.6 Å². The van der Waals surface area contributed by atoms with Crippen molar-refractivity contribution in [3.05, 3.63) is 65.7 Å². The molecule has 6 nitrogen and oxygen atoms in total. The molecule has 3 rings (SSSR count). The number of ketones is 1. The number of carboxylic acids is 1. The Balaban J connectivity index is 1.97. The number of nitrogens with zero attached hydrogens (tertiary/aromatic N) is 2. The second-order valence-electron chi connectivity index (χ2n) is 5.46. The molecule has 1 aromatic carbocycles. The van der Waals surface area contributed by atoms with Gasteiger partial charge >= 0.3 is 5.97 Å². The number of carbonyl (C=O) groups is 2. The van der Waals surface area contributed by atoms with Crippen LogP contribution >= 0.6 is 0 Å². The SMILES string of the molecule is O=C(O)CCCc1nc(C(=O)c2ccc(O)cc2)c2ccccn12. The molecule has 0 saturated heterocycles. The first kappa shape index (κ1) is 15.7. The molecule has 0 fully saturated rings. The number of rotatable bonds is 6. The lowest BCUT2D eigenvalue weighted by molar-refractivity contribution is -0.137. The molecule has 0 spiro atoms. The summed E-state index contributed by atoms with van der Waals surface area (Å²) in [6.07, 6.45) is 2.80. The first-order chi connectivity index (χ1) is 11.6. The van der Waals surface area contributed by atoms with Crippen molar-refractivity contribution < 1.29 is 19.8 Å². The fourth-order valence-corrected chi connectivity index (χ4v) is 2.59. The zero-order chi connectivity index (χ0) is 17.1. The predicted molar refractivity (Wildman–Crippen MR) is 87.3 cm³/mol. The molecule has 122 valence electrons. The highest BCUT2D eigenvalue weighted by atomic mass is 16.4. The third kappa shape index (κ3) is 3.12. The zero-order valence-electron chi connectivity index (χ0n) is 12.8. The number of aliphatic carboxylic acids is 1. The third-order valence-corrected chi connectivity index (χ3v) is 3.76.